The molecule has 0 bridgehead atoms. The van der Waals surface area contributed by atoms with Crippen LogP contribution in [0.5, 0.6) is 0 Å². The summed E-state index contributed by atoms with van der Waals surface area (Å²) in [4.78, 5) is 38.9. The lowest BCUT2D eigenvalue weighted by Crippen LogP contribution is -2.47. The van der Waals surface area contributed by atoms with Crippen molar-refractivity contribution in [3.8, 4) is 11.1 Å². The zero-order valence-corrected chi connectivity index (χ0v) is 20.5. The Hall–Kier alpha value is -3.73. The Kier molecular flexibility index (Phi) is 8.58. The Bertz CT molecular complexity index is 1140. The molecule has 1 amide bonds. The fourth-order valence-corrected chi connectivity index (χ4v) is 4.69. The number of carboxylic acid groups (broad SMARTS) is 1. The van der Waals surface area contributed by atoms with Gasteiger partial charge in [-0.25, -0.2) is 0 Å². The molecule has 0 aliphatic rings. The van der Waals surface area contributed by atoms with Crippen LogP contribution >= 0.6 is 0 Å². The standard InChI is InChI=1S/C30H33NO4/c1-4-30(5-2,27(29(34)35)28(33)31-21(3)22-12-8-6-9-13-22)20-26(32)25-18-16-24(17-19-25)23-14-10-7-11-15-23/h6-19,21,27H,4-5,20H2,1-3H3,(H,31,33)(H,34,35). The molecule has 0 saturated heterocycles. The molecule has 35 heavy (non-hydrogen) atoms. The average molecular weight is 472 g/mol. The number of nitrogens with one attached hydrogen (secondary N) is 1. The van der Waals surface area contributed by atoms with E-state index in [0.717, 1.165) is 16.7 Å². The first-order chi connectivity index (χ1) is 16.8. The monoisotopic (exact) mass is 471 g/mol. The van der Waals surface area contributed by atoms with Crippen LogP contribution in [-0.2, 0) is 9.59 Å². The first kappa shape index (κ1) is 25.9. The highest BCUT2D eigenvalue weighted by atomic mass is 16.4. The normalized spacial score (nSPS) is 13.0. The van der Waals surface area contributed by atoms with Gasteiger partial charge in [0, 0.05) is 12.0 Å². The van der Waals surface area contributed by atoms with Crippen molar-refractivity contribution in [2.75, 3.05) is 0 Å². The quantitative estimate of drug-likeness (QED) is 0.253. The number of aliphatic carboxylic acids is 1. The van der Waals surface area contributed by atoms with Gasteiger partial charge < -0.3 is 10.4 Å². The number of ketones is 1. The molecule has 5 nitrogen and oxygen atoms in total. The molecule has 0 heterocycles. The van der Waals surface area contributed by atoms with Gasteiger partial charge in [-0.05, 0) is 41.9 Å². The van der Waals surface area contributed by atoms with Gasteiger partial charge >= 0.3 is 5.97 Å². The molecule has 0 aliphatic carbocycles. The van der Waals surface area contributed by atoms with Crippen LogP contribution in [-0.4, -0.2) is 22.8 Å². The smallest absolute Gasteiger partial charge is 0.316 e. The maximum absolute atomic E-state index is 13.3. The van der Waals surface area contributed by atoms with Crippen molar-refractivity contribution in [2.45, 2.75) is 46.1 Å². The molecular formula is C30H33NO4. The van der Waals surface area contributed by atoms with Gasteiger partial charge in [-0.2, -0.15) is 0 Å². The lowest BCUT2D eigenvalue weighted by molar-refractivity contribution is -0.153. The number of rotatable bonds is 11. The van der Waals surface area contributed by atoms with Crippen molar-refractivity contribution in [3.63, 3.8) is 0 Å². The van der Waals surface area contributed by atoms with Crippen LogP contribution in [0.2, 0.25) is 0 Å². The molecule has 2 unspecified atom stereocenters. The number of amides is 1. The van der Waals surface area contributed by atoms with Crippen LogP contribution in [0.4, 0.5) is 0 Å². The van der Waals surface area contributed by atoms with E-state index < -0.39 is 23.2 Å². The summed E-state index contributed by atoms with van der Waals surface area (Å²) >= 11 is 0. The maximum Gasteiger partial charge on any atom is 0.316 e. The molecule has 0 aromatic heterocycles. The minimum Gasteiger partial charge on any atom is -0.481 e. The lowest BCUT2D eigenvalue weighted by atomic mass is 9.67. The number of carboxylic acids is 1. The Labute approximate surface area is 207 Å². The third-order valence-electron chi connectivity index (χ3n) is 7.01. The van der Waals surface area contributed by atoms with E-state index in [4.69, 9.17) is 0 Å². The summed E-state index contributed by atoms with van der Waals surface area (Å²) in [6, 6.07) is 26.3. The third kappa shape index (κ3) is 6.04. The Morgan fingerprint density at radius 3 is 1.83 bits per heavy atom. The highest BCUT2D eigenvalue weighted by molar-refractivity contribution is 6.01. The van der Waals surface area contributed by atoms with Crippen LogP contribution in [0.15, 0.2) is 84.9 Å². The van der Waals surface area contributed by atoms with Crippen molar-refractivity contribution < 1.29 is 19.5 Å². The molecule has 0 radical (unpaired) electrons. The first-order valence-electron chi connectivity index (χ1n) is 12.1. The van der Waals surface area contributed by atoms with Crippen LogP contribution < -0.4 is 5.32 Å². The zero-order valence-electron chi connectivity index (χ0n) is 20.5. The van der Waals surface area contributed by atoms with Gasteiger partial charge in [0.1, 0.15) is 5.92 Å². The molecule has 3 aromatic rings. The molecule has 5 heteroatoms. The van der Waals surface area contributed by atoms with Crippen LogP contribution in [0, 0.1) is 11.3 Å². The van der Waals surface area contributed by atoms with Gasteiger partial charge in [-0.15, -0.1) is 0 Å². The van der Waals surface area contributed by atoms with Gasteiger partial charge in [-0.3, -0.25) is 14.4 Å². The zero-order chi connectivity index (χ0) is 25.4. The van der Waals surface area contributed by atoms with E-state index in [1.165, 1.54) is 0 Å². The van der Waals surface area contributed by atoms with E-state index in [1.54, 1.807) is 12.1 Å². The topological polar surface area (TPSA) is 83.5 Å². The Morgan fingerprint density at radius 1 is 0.800 bits per heavy atom. The third-order valence-corrected chi connectivity index (χ3v) is 7.01. The number of hydrogen-bond donors (Lipinski definition) is 2. The number of benzene rings is 3. The number of carbonyl (C=O) groups is 3. The molecule has 0 saturated carbocycles. The van der Waals surface area contributed by atoms with E-state index in [2.05, 4.69) is 5.32 Å². The first-order valence-corrected chi connectivity index (χ1v) is 12.1. The molecule has 3 aromatic carbocycles. The number of Topliss-reactive ketones (excluding diaryl/α,β-unsaturated/α-hetero) is 1. The van der Waals surface area contributed by atoms with Crippen molar-refractivity contribution >= 4 is 17.7 Å². The molecule has 3 rings (SSSR count). The molecule has 2 atom stereocenters. The van der Waals surface area contributed by atoms with Crippen molar-refractivity contribution in [1.82, 2.24) is 5.32 Å². The second kappa shape index (κ2) is 11.6. The molecular weight excluding hydrogens is 438 g/mol. The summed E-state index contributed by atoms with van der Waals surface area (Å²) in [5.41, 5.74) is 2.45. The summed E-state index contributed by atoms with van der Waals surface area (Å²) in [7, 11) is 0. The fraction of sp³-hybridized carbons (Fsp3) is 0.300. The van der Waals surface area contributed by atoms with Gasteiger partial charge in [-0.1, -0.05) is 98.8 Å². The number of hydrogen-bond acceptors (Lipinski definition) is 3. The van der Waals surface area contributed by atoms with E-state index in [0.29, 0.717) is 18.4 Å². The maximum atomic E-state index is 13.3. The van der Waals surface area contributed by atoms with E-state index in [-0.39, 0.29) is 18.2 Å². The average Bonchev–Trinajstić information content (AvgIpc) is 2.89. The van der Waals surface area contributed by atoms with E-state index >= 15 is 0 Å². The van der Waals surface area contributed by atoms with E-state index in [9.17, 15) is 19.5 Å². The molecule has 0 aliphatic heterocycles. The van der Waals surface area contributed by atoms with Gasteiger partial charge in [0.15, 0.2) is 5.78 Å². The predicted octanol–water partition coefficient (Wildman–Crippen LogP) is 6.31. The SMILES string of the molecule is CCC(CC)(CC(=O)c1ccc(-c2ccccc2)cc1)C(C(=O)O)C(=O)NC(C)c1ccccc1. The molecule has 0 fully saturated rings. The Balaban J connectivity index is 1.82. The summed E-state index contributed by atoms with van der Waals surface area (Å²) in [6.07, 6.45) is 0.762. The van der Waals surface area contributed by atoms with Crippen molar-refractivity contribution in [3.05, 3.63) is 96.1 Å². The van der Waals surface area contributed by atoms with Crippen LogP contribution in [0.3, 0.4) is 0 Å². The summed E-state index contributed by atoms with van der Waals surface area (Å²) < 4.78 is 0. The largest absolute Gasteiger partial charge is 0.481 e. The molecule has 0 spiro atoms. The van der Waals surface area contributed by atoms with Crippen LogP contribution in [0.25, 0.3) is 11.1 Å². The minimum absolute atomic E-state index is 0.0191. The predicted molar refractivity (Wildman–Crippen MR) is 138 cm³/mol. The summed E-state index contributed by atoms with van der Waals surface area (Å²) in [5, 5.41) is 13.0. The molecule has 182 valence electrons. The second-order valence-corrected chi connectivity index (χ2v) is 9.03. The molecule has 2 N–H and O–H groups in total. The fourth-order valence-electron chi connectivity index (χ4n) is 4.69. The second-order valence-electron chi connectivity index (χ2n) is 9.03. The van der Waals surface area contributed by atoms with Gasteiger partial charge in [0.2, 0.25) is 5.91 Å². The van der Waals surface area contributed by atoms with Gasteiger partial charge in [0.25, 0.3) is 0 Å². The van der Waals surface area contributed by atoms with Gasteiger partial charge in [0.05, 0.1) is 6.04 Å². The summed E-state index contributed by atoms with van der Waals surface area (Å²) in [5.74, 6) is -3.27. The summed E-state index contributed by atoms with van der Waals surface area (Å²) in [6.45, 7) is 5.52. The lowest BCUT2D eigenvalue weighted by Gasteiger charge is -2.36. The highest BCUT2D eigenvalue weighted by Crippen LogP contribution is 2.41. The number of carbonyl (C=O) groups excluding carboxylic acids is 2. The highest BCUT2D eigenvalue weighted by Gasteiger charge is 2.47. The van der Waals surface area contributed by atoms with Crippen molar-refractivity contribution in [1.29, 1.82) is 0 Å². The Morgan fingerprint density at radius 2 is 1.31 bits per heavy atom. The van der Waals surface area contributed by atoms with Crippen molar-refractivity contribution in [2.24, 2.45) is 11.3 Å². The van der Waals surface area contributed by atoms with E-state index in [1.807, 2.05) is 93.6 Å². The van der Waals surface area contributed by atoms with Crippen LogP contribution in [0.1, 0.15) is 62.0 Å². The minimum atomic E-state index is -1.34.